The quantitative estimate of drug-likeness (QED) is 0.0791. The smallest absolute Gasteiger partial charge is 0.327 e. The lowest BCUT2D eigenvalue weighted by molar-refractivity contribution is -0.141. The van der Waals surface area contributed by atoms with E-state index in [1.807, 2.05) is 0 Å². The second-order valence-corrected chi connectivity index (χ2v) is 5.25. The molecule has 11 nitrogen and oxygen atoms in total. The summed E-state index contributed by atoms with van der Waals surface area (Å²) in [6.07, 6.45) is 0.495. The van der Waals surface area contributed by atoms with Crippen LogP contribution in [0.1, 0.15) is 12.8 Å². The molecular formula is C12H24N6O5S. The van der Waals surface area contributed by atoms with Crippen molar-refractivity contribution in [3.8, 4) is 0 Å². The van der Waals surface area contributed by atoms with Crippen molar-refractivity contribution in [2.45, 2.75) is 31.0 Å². The Morgan fingerprint density at radius 3 is 2.17 bits per heavy atom. The van der Waals surface area contributed by atoms with E-state index in [-0.39, 0.29) is 24.7 Å². The highest BCUT2D eigenvalue weighted by atomic mass is 32.1. The molecular weight excluding hydrogens is 340 g/mol. The van der Waals surface area contributed by atoms with E-state index < -0.39 is 42.5 Å². The Kier molecular flexibility index (Phi) is 10.5. The van der Waals surface area contributed by atoms with Crippen molar-refractivity contribution in [1.29, 1.82) is 0 Å². The minimum Gasteiger partial charge on any atom is -0.480 e. The minimum atomic E-state index is -1.25. The third kappa shape index (κ3) is 8.55. The molecule has 0 aromatic carbocycles. The highest BCUT2D eigenvalue weighted by Crippen LogP contribution is 2.01. The average molecular weight is 364 g/mol. The molecule has 0 aliphatic heterocycles. The molecule has 0 unspecified atom stereocenters. The fourth-order valence-corrected chi connectivity index (χ4v) is 1.84. The summed E-state index contributed by atoms with van der Waals surface area (Å²) in [5.41, 5.74) is 15.8. The summed E-state index contributed by atoms with van der Waals surface area (Å²) in [5.74, 6) is -2.93. The Morgan fingerprint density at radius 2 is 1.71 bits per heavy atom. The second kappa shape index (κ2) is 11.5. The largest absolute Gasteiger partial charge is 0.480 e. The zero-order valence-corrected chi connectivity index (χ0v) is 13.9. The molecule has 0 bridgehead atoms. The Bertz CT molecular complexity index is 471. The number of carboxylic acid groups (broad SMARTS) is 1. The first-order valence-electron chi connectivity index (χ1n) is 7.09. The summed E-state index contributed by atoms with van der Waals surface area (Å²) >= 11 is 3.84. The summed E-state index contributed by atoms with van der Waals surface area (Å²) < 4.78 is 0. The third-order valence-electron chi connectivity index (χ3n) is 2.91. The first kappa shape index (κ1) is 21.9. The van der Waals surface area contributed by atoms with Gasteiger partial charge in [0.15, 0.2) is 5.96 Å². The average Bonchev–Trinajstić information content (AvgIpc) is 2.53. The van der Waals surface area contributed by atoms with E-state index in [4.69, 9.17) is 27.4 Å². The first-order valence-corrected chi connectivity index (χ1v) is 7.72. The van der Waals surface area contributed by atoms with Crippen molar-refractivity contribution < 1.29 is 24.6 Å². The number of nitrogens with two attached hydrogens (primary N) is 3. The SMILES string of the molecule is NC(N)=NCCC[C@H](NC(=O)[C@@H](N)CO)C(=O)N[C@@H](CS)C(=O)O. The lowest BCUT2D eigenvalue weighted by atomic mass is 10.1. The maximum atomic E-state index is 12.2. The molecule has 0 aliphatic rings. The van der Waals surface area contributed by atoms with Crippen LogP contribution >= 0.6 is 12.6 Å². The summed E-state index contributed by atoms with van der Waals surface area (Å²) in [6.45, 7) is -0.370. The van der Waals surface area contributed by atoms with E-state index in [1.54, 1.807) is 0 Å². The van der Waals surface area contributed by atoms with E-state index in [0.29, 0.717) is 6.42 Å². The predicted octanol–water partition coefficient (Wildman–Crippen LogP) is -3.66. The van der Waals surface area contributed by atoms with Gasteiger partial charge in [-0.3, -0.25) is 14.6 Å². The van der Waals surface area contributed by atoms with Crippen LogP contribution in [0.25, 0.3) is 0 Å². The molecule has 10 N–H and O–H groups in total. The number of thiol groups is 1. The van der Waals surface area contributed by atoms with E-state index >= 15 is 0 Å². The van der Waals surface area contributed by atoms with Crippen LogP contribution in [0.2, 0.25) is 0 Å². The predicted molar refractivity (Wildman–Crippen MR) is 90.3 cm³/mol. The van der Waals surface area contributed by atoms with Gasteiger partial charge in [0.05, 0.1) is 6.61 Å². The lowest BCUT2D eigenvalue weighted by Gasteiger charge is -2.21. The molecule has 0 saturated heterocycles. The van der Waals surface area contributed by atoms with Crippen molar-refractivity contribution in [1.82, 2.24) is 10.6 Å². The molecule has 0 aliphatic carbocycles. The van der Waals surface area contributed by atoms with Crippen LogP contribution in [0, 0.1) is 0 Å². The van der Waals surface area contributed by atoms with Crippen LogP contribution in [0.4, 0.5) is 0 Å². The molecule has 0 rings (SSSR count). The molecule has 0 aromatic heterocycles. The number of carbonyl (C=O) groups excluding carboxylic acids is 2. The highest BCUT2D eigenvalue weighted by Gasteiger charge is 2.26. The van der Waals surface area contributed by atoms with Gasteiger partial charge in [-0.2, -0.15) is 12.6 Å². The van der Waals surface area contributed by atoms with E-state index in [2.05, 4.69) is 28.3 Å². The number of rotatable bonds is 11. The number of aliphatic hydroxyl groups excluding tert-OH is 1. The van der Waals surface area contributed by atoms with Crippen molar-refractivity contribution in [3.63, 3.8) is 0 Å². The van der Waals surface area contributed by atoms with E-state index in [1.165, 1.54) is 0 Å². The van der Waals surface area contributed by atoms with Crippen LogP contribution in [0.5, 0.6) is 0 Å². The van der Waals surface area contributed by atoms with Gasteiger partial charge in [0.1, 0.15) is 18.1 Å². The number of aliphatic hydroxyl groups is 1. The zero-order chi connectivity index (χ0) is 18.7. The lowest BCUT2D eigenvalue weighted by Crippen LogP contribution is -2.55. The Labute approximate surface area is 144 Å². The number of hydrogen-bond acceptors (Lipinski definition) is 7. The summed E-state index contributed by atoms with van der Waals surface area (Å²) in [6, 6.07) is -3.45. The number of guanidine groups is 1. The van der Waals surface area contributed by atoms with Gasteiger partial charge in [0, 0.05) is 12.3 Å². The van der Waals surface area contributed by atoms with Gasteiger partial charge in [-0.25, -0.2) is 4.79 Å². The number of aliphatic carboxylic acids is 1. The maximum absolute atomic E-state index is 12.2. The van der Waals surface area contributed by atoms with Crippen LogP contribution < -0.4 is 27.8 Å². The summed E-state index contributed by atoms with van der Waals surface area (Å²) in [4.78, 5) is 38.6. The van der Waals surface area contributed by atoms with Gasteiger partial charge in [-0.05, 0) is 12.8 Å². The van der Waals surface area contributed by atoms with Crippen LogP contribution in [0.15, 0.2) is 4.99 Å². The fourth-order valence-electron chi connectivity index (χ4n) is 1.59. The number of amides is 2. The monoisotopic (exact) mass is 364 g/mol. The Balaban J connectivity index is 4.88. The molecule has 0 radical (unpaired) electrons. The van der Waals surface area contributed by atoms with Gasteiger partial charge in [0.2, 0.25) is 11.8 Å². The van der Waals surface area contributed by atoms with Gasteiger partial charge in [-0.15, -0.1) is 0 Å². The van der Waals surface area contributed by atoms with Crippen molar-refractivity contribution in [2.75, 3.05) is 18.9 Å². The van der Waals surface area contributed by atoms with Gasteiger partial charge in [0.25, 0.3) is 0 Å². The number of carbonyl (C=O) groups is 3. The van der Waals surface area contributed by atoms with Crippen molar-refractivity contribution in [2.24, 2.45) is 22.2 Å². The van der Waals surface area contributed by atoms with Crippen molar-refractivity contribution >= 4 is 36.4 Å². The van der Waals surface area contributed by atoms with Crippen LogP contribution in [-0.2, 0) is 14.4 Å². The topological polar surface area (TPSA) is 206 Å². The van der Waals surface area contributed by atoms with E-state index in [0.717, 1.165) is 0 Å². The van der Waals surface area contributed by atoms with Crippen molar-refractivity contribution in [3.05, 3.63) is 0 Å². The third-order valence-corrected chi connectivity index (χ3v) is 3.27. The number of carboxylic acids is 1. The standard InChI is InChI=1S/C12H24N6O5S/c13-6(4-19)9(20)17-7(2-1-3-16-12(14)15)10(21)18-8(5-24)11(22)23/h6-8,19,24H,1-5,13H2,(H,17,20)(H,18,21)(H,22,23)(H4,14,15,16)/t6-,7-,8-/m0/s1. The summed E-state index contributed by atoms with van der Waals surface area (Å²) in [5, 5.41) is 22.4. The highest BCUT2D eigenvalue weighted by molar-refractivity contribution is 7.80. The molecule has 0 saturated carbocycles. The number of nitrogens with one attached hydrogen (secondary N) is 2. The molecule has 24 heavy (non-hydrogen) atoms. The second-order valence-electron chi connectivity index (χ2n) is 4.88. The van der Waals surface area contributed by atoms with Crippen LogP contribution in [-0.4, -0.2) is 71.0 Å². The minimum absolute atomic E-state index is 0.108. The number of nitrogens with zero attached hydrogens (tertiary/aromatic N) is 1. The van der Waals surface area contributed by atoms with Gasteiger partial charge < -0.3 is 38.0 Å². The first-order chi connectivity index (χ1) is 11.2. The maximum Gasteiger partial charge on any atom is 0.327 e. The van der Waals surface area contributed by atoms with Gasteiger partial charge in [-0.1, -0.05) is 0 Å². The molecule has 0 aromatic rings. The summed E-state index contributed by atoms with van der Waals surface area (Å²) in [7, 11) is 0. The van der Waals surface area contributed by atoms with Crippen LogP contribution in [0.3, 0.4) is 0 Å². The van der Waals surface area contributed by atoms with E-state index in [9.17, 15) is 14.4 Å². The Hall–Kier alpha value is -2.05. The normalized spacial score (nSPS) is 14.1. The molecule has 0 spiro atoms. The zero-order valence-electron chi connectivity index (χ0n) is 13.0. The fraction of sp³-hybridized carbons (Fsp3) is 0.667. The molecule has 2 amide bonds. The molecule has 0 heterocycles. The van der Waals surface area contributed by atoms with Gasteiger partial charge >= 0.3 is 5.97 Å². The molecule has 0 fully saturated rings. The number of aliphatic imine (C=N–C) groups is 1. The molecule has 12 heteroatoms. The molecule has 138 valence electrons. The molecule has 3 atom stereocenters. The Morgan fingerprint density at radius 1 is 1.12 bits per heavy atom. The number of hydrogen-bond donors (Lipinski definition) is 8.